The molecule has 0 aromatic heterocycles. The Bertz CT molecular complexity index is 756. The van der Waals surface area contributed by atoms with Gasteiger partial charge in [0.1, 0.15) is 5.60 Å². The van der Waals surface area contributed by atoms with Crippen LogP contribution in [0.4, 0.5) is 4.79 Å². The second kappa shape index (κ2) is 6.07. The molecule has 1 amide bonds. The summed E-state index contributed by atoms with van der Waals surface area (Å²) in [7, 11) is 0. The van der Waals surface area contributed by atoms with E-state index in [0.29, 0.717) is 13.1 Å². The van der Waals surface area contributed by atoms with Gasteiger partial charge in [-0.25, -0.2) is 4.79 Å². The van der Waals surface area contributed by atoms with Crippen LogP contribution in [0.25, 0.3) is 16.3 Å². The van der Waals surface area contributed by atoms with E-state index in [2.05, 4.69) is 36.4 Å². The summed E-state index contributed by atoms with van der Waals surface area (Å²) >= 11 is 0. The maximum atomic E-state index is 12.3. The zero-order valence-corrected chi connectivity index (χ0v) is 14.0. The molecule has 0 spiro atoms. The molecule has 1 heterocycles. The van der Waals surface area contributed by atoms with Crippen molar-refractivity contribution in [1.82, 2.24) is 4.90 Å². The Morgan fingerprint density at radius 1 is 1.09 bits per heavy atom. The van der Waals surface area contributed by atoms with E-state index in [1.807, 2.05) is 32.9 Å². The van der Waals surface area contributed by atoms with Gasteiger partial charge in [-0.2, -0.15) is 0 Å². The predicted octanol–water partition coefficient (Wildman–Crippen LogP) is 4.86. The fourth-order valence-corrected chi connectivity index (χ4v) is 2.82. The fraction of sp³-hybridized carbons (Fsp3) is 0.350. The second-order valence-corrected chi connectivity index (χ2v) is 6.98. The summed E-state index contributed by atoms with van der Waals surface area (Å²) in [5.41, 5.74) is 1.91. The summed E-state index contributed by atoms with van der Waals surface area (Å²) in [6.07, 6.45) is 2.86. The van der Waals surface area contributed by atoms with Crippen molar-refractivity contribution >= 4 is 22.4 Å². The number of amides is 1. The quantitative estimate of drug-likeness (QED) is 0.752. The minimum Gasteiger partial charge on any atom is -0.444 e. The lowest BCUT2D eigenvalue weighted by Crippen LogP contribution is -2.39. The van der Waals surface area contributed by atoms with Gasteiger partial charge in [-0.15, -0.1) is 0 Å². The Morgan fingerprint density at radius 2 is 1.83 bits per heavy atom. The van der Waals surface area contributed by atoms with Crippen LogP contribution in [0, 0.1) is 0 Å². The number of hydrogen-bond donors (Lipinski definition) is 0. The molecule has 3 heteroatoms. The van der Waals surface area contributed by atoms with Gasteiger partial charge in [0.25, 0.3) is 0 Å². The first kappa shape index (κ1) is 15.6. The van der Waals surface area contributed by atoms with Gasteiger partial charge in [0.2, 0.25) is 0 Å². The normalized spacial score (nSPS) is 15.4. The zero-order valence-electron chi connectivity index (χ0n) is 14.0. The van der Waals surface area contributed by atoms with E-state index < -0.39 is 5.60 Å². The van der Waals surface area contributed by atoms with E-state index in [9.17, 15) is 4.79 Å². The topological polar surface area (TPSA) is 29.5 Å². The van der Waals surface area contributed by atoms with Crippen LogP contribution in [0.5, 0.6) is 0 Å². The van der Waals surface area contributed by atoms with Crippen molar-refractivity contribution in [2.45, 2.75) is 32.8 Å². The van der Waals surface area contributed by atoms with Crippen molar-refractivity contribution in [2.24, 2.45) is 0 Å². The van der Waals surface area contributed by atoms with E-state index >= 15 is 0 Å². The summed E-state index contributed by atoms with van der Waals surface area (Å²) < 4.78 is 5.49. The Morgan fingerprint density at radius 3 is 2.57 bits per heavy atom. The lowest BCUT2D eigenvalue weighted by Gasteiger charge is -2.30. The van der Waals surface area contributed by atoms with Gasteiger partial charge < -0.3 is 9.64 Å². The van der Waals surface area contributed by atoms with E-state index in [-0.39, 0.29) is 6.09 Å². The molecule has 0 saturated heterocycles. The molecule has 0 unspecified atom stereocenters. The monoisotopic (exact) mass is 309 g/mol. The summed E-state index contributed by atoms with van der Waals surface area (Å²) in [4.78, 5) is 14.1. The minimum absolute atomic E-state index is 0.233. The molecule has 1 aliphatic rings. The number of ether oxygens (including phenoxy) is 1. The number of nitrogens with zero attached hydrogens (tertiary/aromatic N) is 1. The number of hydrogen-bond acceptors (Lipinski definition) is 2. The lowest BCUT2D eigenvalue weighted by atomic mass is 9.98. The van der Waals surface area contributed by atoms with Crippen molar-refractivity contribution in [2.75, 3.05) is 13.1 Å². The summed E-state index contributed by atoms with van der Waals surface area (Å²) in [6.45, 7) is 7.01. The summed E-state index contributed by atoms with van der Waals surface area (Å²) in [6, 6.07) is 14.8. The first-order valence-corrected chi connectivity index (χ1v) is 8.08. The molecule has 3 rings (SSSR count). The molecular formula is C20H23NO2. The Labute approximate surface area is 137 Å². The van der Waals surface area contributed by atoms with Crippen molar-refractivity contribution in [3.63, 3.8) is 0 Å². The molecule has 2 aromatic carbocycles. The first-order valence-electron chi connectivity index (χ1n) is 8.08. The fourth-order valence-electron chi connectivity index (χ4n) is 2.82. The third-order valence-electron chi connectivity index (χ3n) is 3.92. The minimum atomic E-state index is -0.457. The van der Waals surface area contributed by atoms with Gasteiger partial charge in [-0.05, 0) is 55.2 Å². The van der Waals surface area contributed by atoms with Gasteiger partial charge in [0, 0.05) is 13.1 Å². The molecule has 23 heavy (non-hydrogen) atoms. The molecule has 3 nitrogen and oxygen atoms in total. The van der Waals surface area contributed by atoms with Crippen molar-refractivity contribution in [3.05, 3.63) is 54.1 Å². The van der Waals surface area contributed by atoms with E-state index in [4.69, 9.17) is 4.74 Å². The maximum Gasteiger partial charge on any atom is 0.410 e. The third kappa shape index (κ3) is 3.73. The van der Waals surface area contributed by atoms with Crippen LogP contribution in [0.2, 0.25) is 0 Å². The zero-order chi connectivity index (χ0) is 16.4. The molecule has 0 bridgehead atoms. The number of carbonyl (C=O) groups excluding carboxylic acids is 1. The van der Waals surface area contributed by atoms with Gasteiger partial charge in [0.15, 0.2) is 0 Å². The molecular weight excluding hydrogens is 286 g/mol. The van der Waals surface area contributed by atoms with Crippen molar-refractivity contribution in [1.29, 1.82) is 0 Å². The van der Waals surface area contributed by atoms with Gasteiger partial charge in [0.05, 0.1) is 0 Å². The predicted molar refractivity (Wildman–Crippen MR) is 94.3 cm³/mol. The number of fused-ring (bicyclic) bond motifs is 1. The van der Waals surface area contributed by atoms with E-state index in [1.165, 1.54) is 21.9 Å². The van der Waals surface area contributed by atoms with Crippen molar-refractivity contribution < 1.29 is 9.53 Å². The molecule has 0 fully saturated rings. The first-order chi connectivity index (χ1) is 10.9. The number of benzene rings is 2. The van der Waals surface area contributed by atoms with Crippen LogP contribution >= 0.6 is 0 Å². The SMILES string of the molecule is CC(C)(C)OC(=O)N1CCC=C(c2ccc3ccccc3c2)C1. The molecule has 0 aliphatic carbocycles. The highest BCUT2D eigenvalue weighted by Gasteiger charge is 2.24. The Balaban J connectivity index is 1.79. The molecule has 0 radical (unpaired) electrons. The molecule has 0 atom stereocenters. The Kier molecular flexibility index (Phi) is 4.12. The molecule has 0 N–H and O–H groups in total. The molecule has 0 saturated carbocycles. The second-order valence-electron chi connectivity index (χ2n) is 6.98. The van der Waals surface area contributed by atoms with Gasteiger partial charge in [-0.3, -0.25) is 0 Å². The number of carbonyl (C=O) groups is 1. The lowest BCUT2D eigenvalue weighted by molar-refractivity contribution is 0.0273. The third-order valence-corrected chi connectivity index (χ3v) is 3.92. The van der Waals surface area contributed by atoms with Crippen LogP contribution < -0.4 is 0 Å². The summed E-state index contributed by atoms with van der Waals surface area (Å²) in [5.74, 6) is 0. The van der Waals surface area contributed by atoms with Crippen LogP contribution in [-0.2, 0) is 4.74 Å². The number of rotatable bonds is 1. The highest BCUT2D eigenvalue weighted by atomic mass is 16.6. The average molecular weight is 309 g/mol. The highest BCUT2D eigenvalue weighted by Crippen LogP contribution is 2.25. The van der Waals surface area contributed by atoms with Crippen LogP contribution in [-0.4, -0.2) is 29.7 Å². The van der Waals surface area contributed by atoms with Gasteiger partial charge >= 0.3 is 6.09 Å². The molecule has 2 aromatic rings. The van der Waals surface area contributed by atoms with Crippen molar-refractivity contribution in [3.8, 4) is 0 Å². The largest absolute Gasteiger partial charge is 0.444 e. The maximum absolute atomic E-state index is 12.3. The molecule has 1 aliphatic heterocycles. The Hall–Kier alpha value is -2.29. The average Bonchev–Trinajstić information content (AvgIpc) is 2.53. The summed E-state index contributed by atoms with van der Waals surface area (Å²) in [5, 5.41) is 2.46. The standard InChI is InChI=1S/C20H23NO2/c1-20(2,3)23-19(22)21-12-6-9-18(14-21)17-11-10-15-7-4-5-8-16(15)13-17/h4-5,7-11,13H,6,12,14H2,1-3H3. The highest BCUT2D eigenvalue weighted by molar-refractivity contribution is 5.87. The van der Waals surface area contributed by atoms with Crippen LogP contribution in [0.3, 0.4) is 0 Å². The van der Waals surface area contributed by atoms with Gasteiger partial charge in [-0.1, -0.05) is 42.5 Å². The smallest absolute Gasteiger partial charge is 0.410 e. The van der Waals surface area contributed by atoms with E-state index in [1.54, 1.807) is 4.90 Å². The van der Waals surface area contributed by atoms with Crippen LogP contribution in [0.15, 0.2) is 48.5 Å². The molecule has 120 valence electrons. The van der Waals surface area contributed by atoms with E-state index in [0.717, 1.165) is 6.42 Å². The van der Waals surface area contributed by atoms with Crippen LogP contribution in [0.1, 0.15) is 32.8 Å².